The lowest BCUT2D eigenvalue weighted by atomic mass is 9.99. The quantitative estimate of drug-likeness (QED) is 0.581. The van der Waals surface area contributed by atoms with E-state index in [1.807, 2.05) is 13.1 Å². The van der Waals surface area contributed by atoms with Crippen molar-refractivity contribution in [2.45, 2.75) is 57.9 Å². The molecule has 0 saturated heterocycles. The lowest BCUT2D eigenvalue weighted by Gasteiger charge is -2.17. The lowest BCUT2D eigenvalue weighted by Crippen LogP contribution is -2.17. The Morgan fingerprint density at radius 3 is 2.53 bits per heavy atom. The minimum atomic E-state index is -0.117. The van der Waals surface area contributed by atoms with Gasteiger partial charge in [-0.25, -0.2) is 4.39 Å². The third-order valence-electron chi connectivity index (χ3n) is 3.53. The molecule has 1 rings (SSSR count). The lowest BCUT2D eigenvalue weighted by molar-refractivity contribution is 0.476. The summed E-state index contributed by atoms with van der Waals surface area (Å²) in [4.78, 5) is 0. The predicted octanol–water partition coefficient (Wildman–Crippen LogP) is 5.60. The molecule has 1 aromatic rings. The van der Waals surface area contributed by atoms with Gasteiger partial charge >= 0.3 is 0 Å². The summed E-state index contributed by atoms with van der Waals surface area (Å²) in [6.07, 6.45) is 8.63. The molecule has 1 unspecified atom stereocenters. The van der Waals surface area contributed by atoms with E-state index in [-0.39, 0.29) is 11.9 Å². The first-order chi connectivity index (χ1) is 9.19. The molecule has 0 amide bonds. The van der Waals surface area contributed by atoms with Crippen LogP contribution in [0.4, 0.5) is 4.39 Å². The van der Waals surface area contributed by atoms with Crippen LogP contribution in [0.15, 0.2) is 22.7 Å². The smallest absolute Gasteiger partial charge is 0.128 e. The summed E-state index contributed by atoms with van der Waals surface area (Å²) < 4.78 is 14.8. The highest BCUT2D eigenvalue weighted by atomic mass is 79.9. The fraction of sp³-hybridized carbons (Fsp3) is 0.625. The van der Waals surface area contributed by atoms with Crippen molar-refractivity contribution >= 4 is 15.9 Å². The van der Waals surface area contributed by atoms with Gasteiger partial charge in [0.05, 0.1) is 0 Å². The molecule has 0 heterocycles. The molecular weight excluding hydrogens is 305 g/mol. The molecular formula is C16H25BrFN. The van der Waals surface area contributed by atoms with Crippen molar-refractivity contribution < 1.29 is 4.39 Å². The zero-order chi connectivity index (χ0) is 14.1. The molecule has 3 heteroatoms. The van der Waals surface area contributed by atoms with E-state index in [9.17, 15) is 4.39 Å². The number of hydrogen-bond donors (Lipinski definition) is 1. The maximum absolute atomic E-state index is 13.8. The maximum atomic E-state index is 13.8. The molecule has 1 aromatic carbocycles. The van der Waals surface area contributed by atoms with Gasteiger partial charge in [0, 0.05) is 16.1 Å². The minimum absolute atomic E-state index is 0.115. The Hall–Kier alpha value is -0.410. The SMILES string of the molecule is CCCCCCCCC(NC)c1cc(Br)ccc1F. The number of nitrogens with one attached hydrogen (secondary N) is 1. The number of benzene rings is 1. The van der Waals surface area contributed by atoms with Gasteiger partial charge in [0.1, 0.15) is 5.82 Å². The molecule has 0 bridgehead atoms. The average Bonchev–Trinajstić information content (AvgIpc) is 2.41. The van der Waals surface area contributed by atoms with Crippen LogP contribution in [-0.2, 0) is 0 Å². The molecule has 0 saturated carbocycles. The van der Waals surface area contributed by atoms with Crippen LogP contribution in [0.5, 0.6) is 0 Å². The molecule has 0 radical (unpaired) electrons. The molecule has 1 N–H and O–H groups in total. The van der Waals surface area contributed by atoms with Gasteiger partial charge in [0.15, 0.2) is 0 Å². The summed E-state index contributed by atoms with van der Waals surface area (Å²) in [5.74, 6) is -0.117. The summed E-state index contributed by atoms with van der Waals surface area (Å²) >= 11 is 3.41. The molecule has 0 spiro atoms. The monoisotopic (exact) mass is 329 g/mol. The van der Waals surface area contributed by atoms with Gasteiger partial charge in [-0.15, -0.1) is 0 Å². The zero-order valence-electron chi connectivity index (χ0n) is 12.0. The predicted molar refractivity (Wildman–Crippen MR) is 83.9 cm³/mol. The van der Waals surface area contributed by atoms with Crippen molar-refractivity contribution in [3.63, 3.8) is 0 Å². The van der Waals surface area contributed by atoms with Crippen molar-refractivity contribution in [2.75, 3.05) is 7.05 Å². The van der Waals surface area contributed by atoms with Gasteiger partial charge in [0.25, 0.3) is 0 Å². The van der Waals surface area contributed by atoms with E-state index in [0.717, 1.165) is 22.9 Å². The third-order valence-corrected chi connectivity index (χ3v) is 4.02. The van der Waals surface area contributed by atoms with Crippen molar-refractivity contribution in [1.82, 2.24) is 5.32 Å². The van der Waals surface area contributed by atoms with E-state index in [1.54, 1.807) is 6.07 Å². The van der Waals surface area contributed by atoms with Crippen molar-refractivity contribution in [2.24, 2.45) is 0 Å². The van der Waals surface area contributed by atoms with Gasteiger partial charge < -0.3 is 5.32 Å². The number of halogens is 2. The third kappa shape index (κ3) is 6.05. The van der Waals surface area contributed by atoms with Crippen molar-refractivity contribution in [1.29, 1.82) is 0 Å². The van der Waals surface area contributed by atoms with Gasteiger partial charge in [-0.2, -0.15) is 0 Å². The summed E-state index contributed by atoms with van der Waals surface area (Å²) in [5, 5.41) is 3.23. The molecule has 0 aliphatic heterocycles. The Kier molecular flexibility index (Phi) is 8.31. The number of unbranched alkanes of at least 4 members (excludes halogenated alkanes) is 5. The van der Waals surface area contributed by atoms with Crippen LogP contribution < -0.4 is 5.32 Å². The van der Waals surface area contributed by atoms with Crippen LogP contribution in [-0.4, -0.2) is 7.05 Å². The summed E-state index contributed by atoms with van der Waals surface area (Å²) in [5.41, 5.74) is 0.769. The molecule has 0 aliphatic rings. The van der Waals surface area contributed by atoms with Crippen LogP contribution in [0, 0.1) is 5.82 Å². The average molecular weight is 330 g/mol. The highest BCUT2D eigenvalue weighted by Gasteiger charge is 2.13. The molecule has 1 nitrogen and oxygen atoms in total. The molecule has 19 heavy (non-hydrogen) atoms. The van der Waals surface area contributed by atoms with E-state index in [0.29, 0.717) is 0 Å². The highest BCUT2D eigenvalue weighted by Crippen LogP contribution is 2.25. The second-order valence-electron chi connectivity index (χ2n) is 5.06. The van der Waals surface area contributed by atoms with Crippen LogP contribution >= 0.6 is 15.9 Å². The first-order valence-electron chi connectivity index (χ1n) is 7.31. The first kappa shape index (κ1) is 16.6. The van der Waals surface area contributed by atoms with E-state index in [4.69, 9.17) is 0 Å². The summed E-state index contributed by atoms with van der Waals surface area (Å²) in [6.45, 7) is 2.23. The number of hydrogen-bond acceptors (Lipinski definition) is 1. The standard InChI is InChI=1S/C16H25BrFN/c1-3-4-5-6-7-8-9-16(19-2)14-12-13(17)10-11-15(14)18/h10-12,16,19H,3-9H2,1-2H3. The fourth-order valence-corrected chi connectivity index (χ4v) is 2.74. The highest BCUT2D eigenvalue weighted by molar-refractivity contribution is 9.10. The largest absolute Gasteiger partial charge is 0.313 e. The maximum Gasteiger partial charge on any atom is 0.128 e. The van der Waals surface area contributed by atoms with Crippen LogP contribution in [0.1, 0.15) is 63.5 Å². The second-order valence-corrected chi connectivity index (χ2v) is 5.98. The molecule has 108 valence electrons. The van der Waals surface area contributed by atoms with E-state index in [2.05, 4.69) is 28.2 Å². The van der Waals surface area contributed by atoms with Gasteiger partial charge in [0.2, 0.25) is 0 Å². The molecule has 1 atom stereocenters. The van der Waals surface area contributed by atoms with E-state index >= 15 is 0 Å². The first-order valence-corrected chi connectivity index (χ1v) is 8.10. The zero-order valence-corrected chi connectivity index (χ0v) is 13.6. The van der Waals surface area contributed by atoms with Crippen LogP contribution in [0.25, 0.3) is 0 Å². The van der Waals surface area contributed by atoms with Gasteiger partial charge in [-0.1, -0.05) is 61.4 Å². The van der Waals surface area contributed by atoms with Gasteiger partial charge in [-0.3, -0.25) is 0 Å². The Morgan fingerprint density at radius 1 is 1.16 bits per heavy atom. The summed E-state index contributed by atoms with van der Waals surface area (Å²) in [7, 11) is 1.90. The number of rotatable bonds is 9. The van der Waals surface area contributed by atoms with E-state index < -0.39 is 0 Å². The summed E-state index contributed by atoms with van der Waals surface area (Å²) in [6, 6.07) is 5.28. The topological polar surface area (TPSA) is 12.0 Å². The molecule has 0 aromatic heterocycles. The Bertz CT molecular complexity index is 368. The van der Waals surface area contributed by atoms with Crippen molar-refractivity contribution in [3.8, 4) is 0 Å². The van der Waals surface area contributed by atoms with Crippen LogP contribution in [0.3, 0.4) is 0 Å². The van der Waals surface area contributed by atoms with Crippen LogP contribution in [0.2, 0.25) is 0 Å². The Morgan fingerprint density at radius 2 is 1.84 bits per heavy atom. The van der Waals surface area contributed by atoms with Gasteiger partial charge in [-0.05, 0) is 31.7 Å². The molecule has 0 aliphatic carbocycles. The molecule has 0 fully saturated rings. The Labute approximate surface area is 125 Å². The van der Waals surface area contributed by atoms with Crippen molar-refractivity contribution in [3.05, 3.63) is 34.1 Å². The minimum Gasteiger partial charge on any atom is -0.313 e. The second kappa shape index (κ2) is 9.49. The fourth-order valence-electron chi connectivity index (χ4n) is 2.37. The van der Waals surface area contributed by atoms with E-state index in [1.165, 1.54) is 38.2 Å². The Balaban J connectivity index is 2.42. The normalized spacial score (nSPS) is 12.6.